The molecule has 444 valence electrons. The molecule has 0 spiro atoms. The minimum Gasteiger partial charge on any atom is -0.463 e. The fourth-order valence-electron chi connectivity index (χ4n) is 9.81. The van der Waals surface area contributed by atoms with Crippen LogP contribution in [0.25, 0.3) is 37.5 Å². The van der Waals surface area contributed by atoms with E-state index < -0.39 is 87.8 Å². The standard InChI is InChI=1S/C63H72F4N4O9S3/c1-11-20-41-21-19-24-45(40(7)8)58(41)71(33-13-3)43-28-30-47-51(38-43)80-50-37-42(70(32-12-2)49-25-17-15-22-44(49)39(5)6)27-29-46(50)53(47)48-23-16-18-26-52(48)82(74,75)69-83(76,77)60-56(66)54(64)59(55(65)57(60)67)81-36-35-79-62(73)68-31-34-78-61(72)63(9,10)14-4/h15-19,21-30,37-40H,11-14,20,31-36H2,1-10H3,(H,68,73). The molecular formula is C63H72F4N4O9S3. The second-order valence-electron chi connectivity index (χ2n) is 21.3. The van der Waals surface area contributed by atoms with Gasteiger partial charge in [-0.2, -0.15) is 4.58 Å². The molecule has 1 aliphatic carbocycles. The molecule has 0 bridgehead atoms. The quantitative estimate of drug-likeness (QED) is 0.0110. The summed E-state index contributed by atoms with van der Waals surface area (Å²) in [6.45, 7) is 20.5. The van der Waals surface area contributed by atoms with Gasteiger partial charge in [0.05, 0.1) is 27.8 Å². The maximum Gasteiger partial charge on any atom is 0.407 e. The van der Waals surface area contributed by atoms with Crippen LogP contribution in [0.5, 0.6) is 0 Å². The number of rotatable bonds is 25. The van der Waals surface area contributed by atoms with Crippen molar-refractivity contribution in [2.45, 2.75) is 128 Å². The molecule has 1 heterocycles. The molecule has 83 heavy (non-hydrogen) atoms. The lowest BCUT2D eigenvalue weighted by Crippen LogP contribution is -2.32. The number of aryl methyl sites for hydroxylation is 1. The largest absolute Gasteiger partial charge is 0.463 e. The maximum absolute atomic E-state index is 15.9. The summed E-state index contributed by atoms with van der Waals surface area (Å²) in [6, 6.07) is 31.0. The molecule has 1 aliphatic heterocycles. The van der Waals surface area contributed by atoms with Crippen LogP contribution in [-0.4, -0.2) is 67.5 Å². The number of carbonyl (C=O) groups excluding carboxylic acids is 2. The Kier molecular flexibility index (Phi) is 21.0. The number of halogens is 4. The molecule has 0 saturated carbocycles. The number of ether oxygens (including phenoxy) is 2. The fourth-order valence-corrected chi connectivity index (χ4v) is 13.6. The Hall–Kier alpha value is -6.74. The Morgan fingerprint density at radius 1 is 0.735 bits per heavy atom. The number of fused-ring (bicyclic) bond motifs is 2. The smallest absolute Gasteiger partial charge is 0.407 e. The number of hydrogen-bond acceptors (Lipinski definition) is 11. The van der Waals surface area contributed by atoms with Crippen molar-refractivity contribution in [3.8, 4) is 22.5 Å². The fraction of sp³-hybridized carbons (Fsp3) is 0.381. The molecule has 13 nitrogen and oxygen atoms in total. The zero-order valence-corrected chi connectivity index (χ0v) is 50.9. The Balaban J connectivity index is 1.31. The number of benzene rings is 6. The lowest BCUT2D eigenvalue weighted by atomic mass is 9.91. The molecule has 0 radical (unpaired) electrons. The topological polar surface area (TPSA) is 166 Å². The molecule has 0 atom stereocenters. The summed E-state index contributed by atoms with van der Waals surface area (Å²) in [4.78, 5) is 22.3. The van der Waals surface area contributed by atoms with Gasteiger partial charge < -0.3 is 28.2 Å². The number of carbonyl (C=O) groups is 2. The third kappa shape index (κ3) is 14.1. The van der Waals surface area contributed by atoms with Crippen molar-refractivity contribution in [2.24, 2.45) is 5.41 Å². The molecule has 0 saturated heterocycles. The van der Waals surface area contributed by atoms with Gasteiger partial charge in [-0.15, -0.1) is 11.8 Å². The van der Waals surface area contributed by atoms with E-state index in [2.05, 4.69) is 97.7 Å². The number of hydrogen-bond donors (Lipinski definition) is 1. The Labute approximate surface area is 488 Å². The van der Waals surface area contributed by atoms with Crippen LogP contribution >= 0.6 is 11.8 Å². The Morgan fingerprint density at radius 2 is 1.41 bits per heavy atom. The van der Waals surface area contributed by atoms with Gasteiger partial charge in [0, 0.05) is 75.4 Å². The lowest BCUT2D eigenvalue weighted by Gasteiger charge is -2.29. The van der Waals surface area contributed by atoms with Crippen LogP contribution in [0.15, 0.2) is 122 Å². The van der Waals surface area contributed by atoms with E-state index in [9.17, 15) is 26.4 Å². The van der Waals surface area contributed by atoms with Gasteiger partial charge >= 0.3 is 12.1 Å². The molecule has 1 amide bonds. The number of alkyl carbamates (subject to hydrolysis) is 1. The highest BCUT2D eigenvalue weighted by atomic mass is 32.3. The summed E-state index contributed by atoms with van der Waals surface area (Å²) in [7, 11) is -11.6. The maximum atomic E-state index is 15.9. The predicted molar refractivity (Wildman–Crippen MR) is 320 cm³/mol. The minimum atomic E-state index is -6.10. The van der Waals surface area contributed by atoms with Crippen molar-refractivity contribution >= 4 is 71.9 Å². The van der Waals surface area contributed by atoms with E-state index in [1.165, 1.54) is 23.8 Å². The van der Waals surface area contributed by atoms with Crippen LogP contribution in [0.3, 0.4) is 0 Å². The molecule has 1 N–H and O–H groups in total. The summed E-state index contributed by atoms with van der Waals surface area (Å²) >= 11 is 0.163. The van der Waals surface area contributed by atoms with Crippen LogP contribution in [0.4, 0.5) is 39.4 Å². The molecular weight excluding hydrogens is 1130 g/mol. The summed E-state index contributed by atoms with van der Waals surface area (Å²) in [5.74, 6) is -9.38. The zero-order chi connectivity index (χ0) is 60.6. The van der Waals surface area contributed by atoms with Gasteiger partial charge in [-0.1, -0.05) is 116 Å². The monoisotopic (exact) mass is 1200 g/mol. The number of nitrogens with one attached hydrogen (secondary N) is 1. The van der Waals surface area contributed by atoms with E-state index in [4.69, 9.17) is 13.9 Å². The van der Waals surface area contributed by atoms with Crippen molar-refractivity contribution in [2.75, 3.05) is 43.5 Å². The highest BCUT2D eigenvalue weighted by Crippen LogP contribution is 2.46. The molecule has 2 aliphatic rings. The van der Waals surface area contributed by atoms with E-state index in [0.717, 1.165) is 65.3 Å². The van der Waals surface area contributed by atoms with E-state index in [1.54, 1.807) is 19.9 Å². The normalized spacial score (nSPS) is 12.6. The van der Waals surface area contributed by atoms with Crippen LogP contribution < -0.4 is 20.1 Å². The molecule has 5 aromatic carbocycles. The zero-order valence-electron chi connectivity index (χ0n) is 48.5. The molecule has 0 fully saturated rings. The minimum absolute atomic E-state index is 0.0606. The number of para-hydroxylation sites is 2. The van der Waals surface area contributed by atoms with Crippen LogP contribution in [0, 0.1) is 28.7 Å². The van der Waals surface area contributed by atoms with Crippen LogP contribution in [0.2, 0.25) is 0 Å². The average Bonchev–Trinajstić information content (AvgIpc) is 3.65. The Morgan fingerprint density at radius 3 is 2.07 bits per heavy atom. The highest BCUT2D eigenvalue weighted by molar-refractivity contribution is 8.12. The molecule has 5 aromatic rings. The second-order valence-corrected chi connectivity index (χ2v) is 25.8. The van der Waals surface area contributed by atoms with Crippen molar-refractivity contribution in [1.82, 2.24) is 9.89 Å². The van der Waals surface area contributed by atoms with Gasteiger partial charge in [0.15, 0.2) is 23.3 Å². The van der Waals surface area contributed by atoms with E-state index in [1.807, 2.05) is 49.4 Å². The van der Waals surface area contributed by atoms with Gasteiger partial charge in [-0.3, -0.25) is 4.79 Å². The summed E-state index contributed by atoms with van der Waals surface area (Å²) in [5.41, 5.74) is 6.58. The lowest BCUT2D eigenvalue weighted by molar-refractivity contribution is -0.153. The summed E-state index contributed by atoms with van der Waals surface area (Å²) in [6.07, 6.45) is 2.85. The number of nitrogens with zero attached hydrogens (tertiary/aromatic N) is 3. The molecule has 0 aromatic heterocycles. The molecule has 20 heteroatoms. The number of thioether (sulfide) groups is 1. The second kappa shape index (κ2) is 27.3. The first kappa shape index (κ1) is 63.8. The molecule has 0 unspecified atom stereocenters. The molecule has 7 rings (SSSR count). The van der Waals surface area contributed by atoms with Crippen molar-refractivity contribution < 1.29 is 57.9 Å². The van der Waals surface area contributed by atoms with Crippen molar-refractivity contribution in [1.29, 1.82) is 0 Å². The number of esters is 1. The SMILES string of the molecule is CCCc1cccc(C(C)C)c1[N+](CCC)=c1ccc2c(-c3ccccc3S(=O)(=O)[N-]S(=O)(=O)c3c(F)c(F)c(SCCOC(=O)NCCOC(=O)C(C)(C)CC)c(F)c3F)c3ccc(N(CCC)c4ccccc4C(C)C)cc3oc-2c1. The van der Waals surface area contributed by atoms with Crippen LogP contribution in [-0.2, 0) is 40.7 Å². The number of amides is 1. The first-order valence-electron chi connectivity index (χ1n) is 27.9. The third-order valence-corrected chi connectivity index (χ3v) is 18.7. The predicted octanol–water partition coefficient (Wildman–Crippen LogP) is 15.3. The first-order chi connectivity index (χ1) is 39.4. The third-order valence-electron chi connectivity index (χ3n) is 14.3. The van der Waals surface area contributed by atoms with E-state index in [0.29, 0.717) is 47.4 Å². The summed E-state index contributed by atoms with van der Waals surface area (Å²) in [5, 5.41) is 3.54. The van der Waals surface area contributed by atoms with Gasteiger partial charge in [-0.05, 0) is 80.8 Å². The van der Waals surface area contributed by atoms with Crippen molar-refractivity contribution in [3.63, 3.8) is 0 Å². The van der Waals surface area contributed by atoms with Crippen LogP contribution in [0.1, 0.15) is 123 Å². The summed E-state index contributed by atoms with van der Waals surface area (Å²) < 4.78 is 143. The average molecular weight is 1200 g/mol. The van der Waals surface area contributed by atoms with Gasteiger partial charge in [0.25, 0.3) is 0 Å². The Bertz CT molecular complexity index is 3760. The van der Waals surface area contributed by atoms with Gasteiger partial charge in [0.1, 0.15) is 56.0 Å². The van der Waals surface area contributed by atoms with Gasteiger partial charge in [0.2, 0.25) is 11.0 Å². The van der Waals surface area contributed by atoms with Gasteiger partial charge in [-0.25, -0.2) is 39.2 Å². The number of sulfonamides is 2. The number of anilines is 2. The first-order valence-corrected chi connectivity index (χ1v) is 31.8. The van der Waals surface area contributed by atoms with E-state index >= 15 is 17.6 Å². The van der Waals surface area contributed by atoms with E-state index in [-0.39, 0.29) is 42.3 Å². The van der Waals surface area contributed by atoms with Crippen molar-refractivity contribution in [3.05, 3.63) is 153 Å². The highest BCUT2D eigenvalue weighted by Gasteiger charge is 2.33.